The molecule has 7 heteroatoms. The zero-order valence-corrected chi connectivity index (χ0v) is 21.4. The normalized spacial score (nSPS) is 11.8. The fourth-order valence-corrected chi connectivity index (χ4v) is 4.58. The van der Waals surface area contributed by atoms with Crippen molar-refractivity contribution in [1.29, 1.82) is 0 Å². The molecule has 3 aromatic rings. The number of nitrogens with one attached hydrogen (secondary N) is 1. The van der Waals surface area contributed by atoms with Gasteiger partial charge in [-0.05, 0) is 35.2 Å². The summed E-state index contributed by atoms with van der Waals surface area (Å²) in [6.45, 7) is 4.46. The number of carbonyl (C=O) groups excluding carboxylic acids is 2. The van der Waals surface area contributed by atoms with Gasteiger partial charge in [0.05, 0.1) is 5.75 Å². The Morgan fingerprint density at radius 3 is 2.22 bits per heavy atom. The number of benzene rings is 3. The van der Waals surface area contributed by atoms with Crippen LogP contribution in [0.3, 0.4) is 0 Å². The Hall–Kier alpha value is -3.19. The third kappa shape index (κ3) is 8.48. The maximum Gasteiger partial charge on any atom is 0.243 e. The van der Waals surface area contributed by atoms with Gasteiger partial charge < -0.3 is 10.2 Å². The maximum atomic E-state index is 14.6. The van der Waals surface area contributed by atoms with Gasteiger partial charge in [0.15, 0.2) is 0 Å². The molecule has 190 valence electrons. The van der Waals surface area contributed by atoms with E-state index in [1.165, 1.54) is 34.9 Å². The van der Waals surface area contributed by atoms with Crippen LogP contribution in [0.5, 0.6) is 0 Å². The van der Waals surface area contributed by atoms with Crippen LogP contribution in [0.25, 0.3) is 0 Å². The van der Waals surface area contributed by atoms with Crippen LogP contribution in [0, 0.1) is 17.6 Å². The van der Waals surface area contributed by atoms with Crippen molar-refractivity contribution in [3.05, 3.63) is 107 Å². The largest absolute Gasteiger partial charge is 0.354 e. The molecule has 0 radical (unpaired) electrons. The molecule has 2 amide bonds. The lowest BCUT2D eigenvalue weighted by atomic mass is 10.0. The van der Waals surface area contributed by atoms with Crippen LogP contribution in [-0.4, -0.2) is 35.1 Å². The van der Waals surface area contributed by atoms with Gasteiger partial charge in [-0.1, -0.05) is 74.5 Å². The Morgan fingerprint density at radius 1 is 0.889 bits per heavy atom. The lowest BCUT2D eigenvalue weighted by Crippen LogP contribution is -2.51. The molecule has 0 aliphatic heterocycles. The average Bonchev–Trinajstić information content (AvgIpc) is 2.87. The first kappa shape index (κ1) is 27.4. The number of halogens is 2. The summed E-state index contributed by atoms with van der Waals surface area (Å²) in [5.41, 5.74) is 2.15. The van der Waals surface area contributed by atoms with E-state index in [0.29, 0.717) is 24.3 Å². The molecule has 1 atom stereocenters. The van der Waals surface area contributed by atoms with Crippen LogP contribution in [0.1, 0.15) is 30.5 Å². The summed E-state index contributed by atoms with van der Waals surface area (Å²) in [5, 5.41) is 2.96. The molecule has 0 spiro atoms. The molecule has 0 fully saturated rings. The van der Waals surface area contributed by atoms with Gasteiger partial charge in [-0.2, -0.15) is 0 Å². The molecule has 0 saturated heterocycles. The second-order valence-electron chi connectivity index (χ2n) is 9.08. The smallest absolute Gasteiger partial charge is 0.243 e. The van der Waals surface area contributed by atoms with Gasteiger partial charge in [0.2, 0.25) is 11.8 Å². The standard InChI is InChI=1S/C29H32F2N2O2S/c1-21(2)17-32-29(35)27(16-22-8-4-3-5-9-22)33(18-24-10-6-7-11-26(24)31)28(34)20-36-19-23-12-14-25(30)15-13-23/h3-15,21,27H,16-20H2,1-2H3,(H,32,35)/t27-/m1/s1. The summed E-state index contributed by atoms with van der Waals surface area (Å²) in [6.07, 6.45) is 0.313. The highest BCUT2D eigenvalue weighted by Crippen LogP contribution is 2.20. The van der Waals surface area contributed by atoms with Crippen LogP contribution in [0.2, 0.25) is 0 Å². The van der Waals surface area contributed by atoms with Gasteiger partial charge in [-0.25, -0.2) is 8.78 Å². The minimum atomic E-state index is -0.801. The van der Waals surface area contributed by atoms with Crippen molar-refractivity contribution in [2.75, 3.05) is 12.3 Å². The molecule has 0 bridgehead atoms. The summed E-state index contributed by atoms with van der Waals surface area (Å²) in [4.78, 5) is 28.4. The quantitative estimate of drug-likeness (QED) is 0.345. The number of thioether (sulfide) groups is 1. The molecule has 0 unspecified atom stereocenters. The van der Waals surface area contributed by atoms with Crippen molar-refractivity contribution < 1.29 is 18.4 Å². The van der Waals surface area contributed by atoms with Crippen LogP contribution in [-0.2, 0) is 28.3 Å². The van der Waals surface area contributed by atoms with Crippen molar-refractivity contribution in [3.8, 4) is 0 Å². The summed E-state index contributed by atoms with van der Waals surface area (Å²) in [7, 11) is 0. The van der Waals surface area contributed by atoms with Gasteiger partial charge in [0.1, 0.15) is 17.7 Å². The molecule has 4 nitrogen and oxygen atoms in total. The van der Waals surface area contributed by atoms with Crippen molar-refractivity contribution in [2.24, 2.45) is 5.92 Å². The van der Waals surface area contributed by atoms with E-state index in [4.69, 9.17) is 0 Å². The first-order valence-electron chi connectivity index (χ1n) is 12.0. The number of carbonyl (C=O) groups is 2. The maximum absolute atomic E-state index is 14.6. The first-order chi connectivity index (χ1) is 17.3. The zero-order chi connectivity index (χ0) is 25.9. The van der Waals surface area contributed by atoms with Crippen LogP contribution in [0.4, 0.5) is 8.78 Å². The highest BCUT2D eigenvalue weighted by molar-refractivity contribution is 7.99. The Bertz CT molecular complexity index is 1120. The molecule has 36 heavy (non-hydrogen) atoms. The number of hydrogen-bond acceptors (Lipinski definition) is 3. The predicted molar refractivity (Wildman–Crippen MR) is 141 cm³/mol. The number of nitrogens with zero attached hydrogens (tertiary/aromatic N) is 1. The van der Waals surface area contributed by atoms with E-state index >= 15 is 0 Å². The fourth-order valence-electron chi connectivity index (χ4n) is 3.71. The Labute approximate surface area is 216 Å². The van der Waals surface area contributed by atoms with Crippen LogP contribution in [0.15, 0.2) is 78.9 Å². The number of amides is 2. The third-order valence-corrected chi connectivity index (χ3v) is 6.65. The lowest BCUT2D eigenvalue weighted by Gasteiger charge is -2.32. The van der Waals surface area contributed by atoms with Crippen LogP contribution < -0.4 is 5.32 Å². The molecular formula is C29H32F2N2O2S. The summed E-state index contributed by atoms with van der Waals surface area (Å²) in [5.74, 6) is -0.390. The van der Waals surface area contributed by atoms with Gasteiger partial charge in [0, 0.05) is 30.8 Å². The summed E-state index contributed by atoms with van der Waals surface area (Å²) >= 11 is 1.38. The Balaban J connectivity index is 1.84. The minimum Gasteiger partial charge on any atom is -0.354 e. The minimum absolute atomic E-state index is 0.0186. The van der Waals surface area contributed by atoms with Gasteiger partial charge in [-0.15, -0.1) is 11.8 Å². The second-order valence-corrected chi connectivity index (χ2v) is 10.1. The molecule has 3 aromatic carbocycles. The number of rotatable bonds is 12. The molecule has 0 aliphatic carbocycles. The van der Waals surface area contributed by atoms with Crippen molar-refractivity contribution in [1.82, 2.24) is 10.2 Å². The monoisotopic (exact) mass is 510 g/mol. The van der Waals surface area contributed by atoms with Crippen LogP contribution >= 0.6 is 11.8 Å². The molecular weight excluding hydrogens is 478 g/mol. The van der Waals surface area contributed by atoms with Crippen molar-refractivity contribution >= 4 is 23.6 Å². The lowest BCUT2D eigenvalue weighted by molar-refractivity contribution is -0.139. The Morgan fingerprint density at radius 2 is 1.56 bits per heavy atom. The van der Waals surface area contributed by atoms with Gasteiger partial charge >= 0.3 is 0 Å². The molecule has 0 saturated carbocycles. The van der Waals surface area contributed by atoms with E-state index in [9.17, 15) is 18.4 Å². The van der Waals surface area contributed by atoms with Crippen molar-refractivity contribution in [2.45, 2.75) is 38.6 Å². The van der Waals surface area contributed by atoms with E-state index in [-0.39, 0.29) is 35.8 Å². The number of hydrogen-bond donors (Lipinski definition) is 1. The average molecular weight is 511 g/mol. The summed E-state index contributed by atoms with van der Waals surface area (Å²) < 4.78 is 27.8. The summed E-state index contributed by atoms with van der Waals surface area (Å²) in [6, 6.07) is 21.1. The highest BCUT2D eigenvalue weighted by Gasteiger charge is 2.30. The van der Waals surface area contributed by atoms with Crippen molar-refractivity contribution in [3.63, 3.8) is 0 Å². The van der Waals surface area contributed by atoms with Gasteiger partial charge in [0.25, 0.3) is 0 Å². The topological polar surface area (TPSA) is 49.4 Å². The van der Waals surface area contributed by atoms with E-state index in [2.05, 4.69) is 5.32 Å². The van der Waals surface area contributed by atoms with E-state index in [1.807, 2.05) is 44.2 Å². The molecule has 0 heterocycles. The fraction of sp³-hybridized carbons (Fsp3) is 0.310. The first-order valence-corrected chi connectivity index (χ1v) is 13.2. The molecule has 0 aliphatic rings. The molecule has 1 N–H and O–H groups in total. The van der Waals surface area contributed by atoms with Gasteiger partial charge in [-0.3, -0.25) is 9.59 Å². The predicted octanol–water partition coefficient (Wildman–Crippen LogP) is 5.61. The molecule has 3 rings (SSSR count). The van der Waals surface area contributed by atoms with E-state index < -0.39 is 11.9 Å². The zero-order valence-electron chi connectivity index (χ0n) is 20.6. The SMILES string of the molecule is CC(C)CNC(=O)[C@@H](Cc1ccccc1)N(Cc1ccccc1F)C(=O)CSCc1ccc(F)cc1. The van der Waals surface area contributed by atoms with E-state index in [0.717, 1.165) is 11.1 Å². The van der Waals surface area contributed by atoms with E-state index in [1.54, 1.807) is 30.3 Å². The Kier molecular flexibility index (Phi) is 10.5. The highest BCUT2D eigenvalue weighted by atomic mass is 32.2. The molecule has 0 aromatic heterocycles. The third-order valence-electron chi connectivity index (χ3n) is 5.66. The second kappa shape index (κ2) is 13.8.